The number of ether oxygens (including phenoxy) is 2. The van der Waals surface area contributed by atoms with Crippen molar-refractivity contribution in [1.82, 2.24) is 0 Å². The highest BCUT2D eigenvalue weighted by Gasteiger charge is 2.16. The zero-order chi connectivity index (χ0) is 8.10. The van der Waals surface area contributed by atoms with Gasteiger partial charge in [-0.15, -0.1) is 0 Å². The Balaban J connectivity index is 2.43. The molecule has 11 heavy (non-hydrogen) atoms. The summed E-state index contributed by atoms with van der Waals surface area (Å²) in [5.74, 6) is 0. The van der Waals surface area contributed by atoms with Gasteiger partial charge in [0, 0.05) is 0 Å². The van der Waals surface area contributed by atoms with E-state index in [1.807, 2.05) is 6.92 Å². The Kier molecular flexibility index (Phi) is 3.60. The molecule has 64 valence electrons. The van der Waals surface area contributed by atoms with Gasteiger partial charge in [0.15, 0.2) is 6.29 Å². The van der Waals surface area contributed by atoms with E-state index in [0.29, 0.717) is 0 Å². The normalized spacial score (nSPS) is 22.2. The smallest absolute Gasteiger partial charge is 0.179 e. The predicted molar refractivity (Wildman–Crippen MR) is 44.4 cm³/mol. The standard InChI is InChI=1S/C9H16O2/c1-3-8(4-2)9-10-6-5-7-11-9/h3,9H,4-7H2,1-2H3/b8-3+. The van der Waals surface area contributed by atoms with Gasteiger partial charge >= 0.3 is 0 Å². The molecule has 0 aromatic rings. The van der Waals surface area contributed by atoms with Crippen molar-refractivity contribution in [3.05, 3.63) is 11.6 Å². The van der Waals surface area contributed by atoms with E-state index in [0.717, 1.165) is 26.1 Å². The second kappa shape index (κ2) is 4.52. The van der Waals surface area contributed by atoms with Gasteiger partial charge in [0.1, 0.15) is 0 Å². The minimum absolute atomic E-state index is 0.0567. The van der Waals surface area contributed by atoms with Crippen molar-refractivity contribution in [1.29, 1.82) is 0 Å². The zero-order valence-electron chi connectivity index (χ0n) is 7.30. The van der Waals surface area contributed by atoms with Crippen LogP contribution >= 0.6 is 0 Å². The second-order valence-electron chi connectivity index (χ2n) is 2.64. The molecule has 1 aliphatic rings. The van der Waals surface area contributed by atoms with Gasteiger partial charge in [0.25, 0.3) is 0 Å². The fraction of sp³-hybridized carbons (Fsp3) is 0.778. The fourth-order valence-corrected chi connectivity index (χ4v) is 1.21. The maximum atomic E-state index is 5.43. The van der Waals surface area contributed by atoms with Crippen LogP contribution in [0.25, 0.3) is 0 Å². The topological polar surface area (TPSA) is 18.5 Å². The van der Waals surface area contributed by atoms with Crippen molar-refractivity contribution in [3.8, 4) is 0 Å². The van der Waals surface area contributed by atoms with Crippen molar-refractivity contribution in [2.75, 3.05) is 13.2 Å². The highest BCUT2D eigenvalue weighted by molar-refractivity contribution is 5.03. The van der Waals surface area contributed by atoms with E-state index in [9.17, 15) is 0 Å². The highest BCUT2D eigenvalue weighted by Crippen LogP contribution is 2.16. The first-order valence-electron chi connectivity index (χ1n) is 4.26. The van der Waals surface area contributed by atoms with Gasteiger partial charge in [-0.1, -0.05) is 13.0 Å². The minimum Gasteiger partial charge on any atom is -0.349 e. The van der Waals surface area contributed by atoms with Gasteiger partial charge in [-0.3, -0.25) is 0 Å². The SMILES string of the molecule is C/C=C(\CC)C1OCCCO1. The molecular weight excluding hydrogens is 140 g/mol. The summed E-state index contributed by atoms with van der Waals surface area (Å²) in [5, 5.41) is 0. The van der Waals surface area contributed by atoms with Crippen LogP contribution in [-0.4, -0.2) is 19.5 Å². The quantitative estimate of drug-likeness (QED) is 0.570. The summed E-state index contributed by atoms with van der Waals surface area (Å²) in [7, 11) is 0. The van der Waals surface area contributed by atoms with E-state index >= 15 is 0 Å². The Morgan fingerprint density at radius 2 is 2.09 bits per heavy atom. The van der Waals surface area contributed by atoms with Crippen LogP contribution in [-0.2, 0) is 9.47 Å². The van der Waals surface area contributed by atoms with E-state index in [1.165, 1.54) is 5.57 Å². The molecule has 0 N–H and O–H groups in total. The Labute approximate surface area is 68.2 Å². The third-order valence-electron chi connectivity index (χ3n) is 1.91. The Hall–Kier alpha value is -0.340. The summed E-state index contributed by atoms with van der Waals surface area (Å²) in [6.45, 7) is 5.82. The van der Waals surface area contributed by atoms with Gasteiger partial charge in [-0.2, -0.15) is 0 Å². The molecule has 2 heteroatoms. The van der Waals surface area contributed by atoms with Crippen LogP contribution in [0.5, 0.6) is 0 Å². The number of allylic oxidation sites excluding steroid dienone is 1. The molecule has 0 unspecified atom stereocenters. The molecule has 1 aliphatic heterocycles. The van der Waals surface area contributed by atoms with Crippen LogP contribution in [0.4, 0.5) is 0 Å². The molecule has 1 heterocycles. The molecule has 0 aliphatic carbocycles. The lowest BCUT2D eigenvalue weighted by Crippen LogP contribution is -2.26. The lowest BCUT2D eigenvalue weighted by atomic mass is 10.2. The van der Waals surface area contributed by atoms with Crippen molar-refractivity contribution in [2.24, 2.45) is 0 Å². The zero-order valence-corrected chi connectivity index (χ0v) is 7.30. The molecule has 0 atom stereocenters. The highest BCUT2D eigenvalue weighted by atomic mass is 16.7. The molecule has 1 rings (SSSR count). The van der Waals surface area contributed by atoms with Crippen molar-refractivity contribution in [3.63, 3.8) is 0 Å². The summed E-state index contributed by atoms with van der Waals surface area (Å²) >= 11 is 0. The molecule has 0 amide bonds. The predicted octanol–water partition coefficient (Wildman–Crippen LogP) is 2.11. The molecule has 0 saturated carbocycles. The molecule has 1 saturated heterocycles. The molecule has 0 radical (unpaired) electrons. The molecule has 0 bridgehead atoms. The molecule has 0 aromatic carbocycles. The van der Waals surface area contributed by atoms with Gasteiger partial charge in [0.05, 0.1) is 13.2 Å². The lowest BCUT2D eigenvalue weighted by Gasteiger charge is -2.24. The Morgan fingerprint density at radius 1 is 1.45 bits per heavy atom. The molecule has 0 aromatic heterocycles. The first-order valence-corrected chi connectivity index (χ1v) is 4.26. The molecule has 2 nitrogen and oxygen atoms in total. The van der Waals surface area contributed by atoms with Crippen molar-refractivity contribution >= 4 is 0 Å². The lowest BCUT2D eigenvalue weighted by molar-refractivity contribution is -0.157. The number of hydrogen-bond donors (Lipinski definition) is 0. The van der Waals surface area contributed by atoms with Gasteiger partial charge in [-0.05, 0) is 25.3 Å². The summed E-state index contributed by atoms with van der Waals surface area (Å²) in [6.07, 6.45) is 4.06. The molecule has 0 spiro atoms. The maximum Gasteiger partial charge on any atom is 0.179 e. The monoisotopic (exact) mass is 156 g/mol. The van der Waals surface area contributed by atoms with Crippen molar-refractivity contribution in [2.45, 2.75) is 33.0 Å². The van der Waals surface area contributed by atoms with Crippen molar-refractivity contribution < 1.29 is 9.47 Å². The van der Waals surface area contributed by atoms with Gasteiger partial charge < -0.3 is 9.47 Å². The average molecular weight is 156 g/mol. The number of hydrogen-bond acceptors (Lipinski definition) is 2. The first-order chi connectivity index (χ1) is 5.38. The summed E-state index contributed by atoms with van der Waals surface area (Å²) < 4.78 is 10.9. The van der Waals surface area contributed by atoms with Gasteiger partial charge in [0.2, 0.25) is 0 Å². The van der Waals surface area contributed by atoms with Gasteiger partial charge in [-0.25, -0.2) is 0 Å². The van der Waals surface area contributed by atoms with Crippen LogP contribution in [0.2, 0.25) is 0 Å². The Bertz CT molecular complexity index is 134. The first kappa shape index (κ1) is 8.75. The van der Waals surface area contributed by atoms with E-state index in [1.54, 1.807) is 0 Å². The summed E-state index contributed by atoms with van der Waals surface area (Å²) in [4.78, 5) is 0. The fourth-order valence-electron chi connectivity index (χ4n) is 1.21. The van der Waals surface area contributed by atoms with E-state index in [4.69, 9.17) is 9.47 Å². The molecule has 1 fully saturated rings. The van der Waals surface area contributed by atoms with Crippen LogP contribution in [0.15, 0.2) is 11.6 Å². The largest absolute Gasteiger partial charge is 0.349 e. The van der Waals surface area contributed by atoms with Crippen LogP contribution in [0.1, 0.15) is 26.7 Å². The number of rotatable bonds is 2. The van der Waals surface area contributed by atoms with Crippen LogP contribution in [0.3, 0.4) is 0 Å². The van der Waals surface area contributed by atoms with E-state index in [2.05, 4.69) is 13.0 Å². The summed E-state index contributed by atoms with van der Waals surface area (Å²) in [5.41, 5.74) is 1.25. The Morgan fingerprint density at radius 3 is 2.55 bits per heavy atom. The third kappa shape index (κ3) is 2.31. The molecular formula is C9H16O2. The van der Waals surface area contributed by atoms with E-state index in [-0.39, 0.29) is 6.29 Å². The average Bonchev–Trinajstić information content (AvgIpc) is 2.09. The third-order valence-corrected chi connectivity index (χ3v) is 1.91. The van der Waals surface area contributed by atoms with Crippen LogP contribution < -0.4 is 0 Å². The van der Waals surface area contributed by atoms with E-state index < -0.39 is 0 Å². The minimum atomic E-state index is -0.0567. The van der Waals surface area contributed by atoms with Crippen LogP contribution in [0, 0.1) is 0 Å². The second-order valence-corrected chi connectivity index (χ2v) is 2.64. The summed E-state index contributed by atoms with van der Waals surface area (Å²) in [6, 6.07) is 0. The maximum absolute atomic E-state index is 5.43.